The highest BCUT2D eigenvalue weighted by Gasteiger charge is 2.18. The van der Waals surface area contributed by atoms with Crippen molar-refractivity contribution in [1.29, 1.82) is 0 Å². The fourth-order valence-electron chi connectivity index (χ4n) is 1.14. The van der Waals surface area contributed by atoms with E-state index in [-0.39, 0.29) is 0 Å². The second-order valence-electron chi connectivity index (χ2n) is 3.32. The molecule has 0 aromatic heterocycles. The lowest BCUT2D eigenvalue weighted by Crippen LogP contribution is -2.03. The molecule has 1 heterocycles. The molecule has 0 N–H and O–H groups in total. The lowest BCUT2D eigenvalue weighted by Gasteiger charge is -2.24. The summed E-state index contributed by atoms with van der Waals surface area (Å²) >= 11 is 0. The van der Waals surface area contributed by atoms with Gasteiger partial charge in [-0.2, -0.15) is 10.0 Å². The van der Waals surface area contributed by atoms with E-state index in [1.165, 1.54) is 24.3 Å². The lowest BCUT2D eigenvalue weighted by atomic mass is 10.3. The number of unbranched alkanes of at least 4 members (excludes halogenated alkanes) is 1. The van der Waals surface area contributed by atoms with Crippen LogP contribution in [0, 0.1) is 0 Å². The maximum absolute atomic E-state index is 4.40. The van der Waals surface area contributed by atoms with Crippen LogP contribution in [0.25, 0.3) is 0 Å². The van der Waals surface area contributed by atoms with Gasteiger partial charge in [-0.1, -0.05) is 13.3 Å². The van der Waals surface area contributed by atoms with Crippen molar-refractivity contribution in [3.8, 4) is 0 Å². The first-order valence-electron chi connectivity index (χ1n) is 4.13. The van der Waals surface area contributed by atoms with E-state index < -0.39 is 10.0 Å². The van der Waals surface area contributed by atoms with Gasteiger partial charge < -0.3 is 0 Å². The maximum Gasteiger partial charge on any atom is 0.0592 e. The first-order valence-corrected chi connectivity index (χ1v) is 6.64. The van der Waals surface area contributed by atoms with E-state index in [1.807, 2.05) is 6.20 Å². The van der Waals surface area contributed by atoms with Gasteiger partial charge in [0.1, 0.15) is 0 Å². The van der Waals surface area contributed by atoms with Crippen LogP contribution in [0.5, 0.6) is 0 Å². The summed E-state index contributed by atoms with van der Waals surface area (Å²) in [5.41, 5.74) is 0. The Labute approximate surface area is 70.9 Å². The molecule has 0 fully saturated rings. The molecule has 0 bridgehead atoms. The van der Waals surface area contributed by atoms with Crippen LogP contribution >= 0.6 is 10.0 Å². The van der Waals surface area contributed by atoms with Crippen molar-refractivity contribution in [1.82, 2.24) is 0 Å². The van der Waals surface area contributed by atoms with Crippen molar-refractivity contribution in [3.05, 3.63) is 11.6 Å². The first-order chi connectivity index (χ1) is 5.17. The minimum atomic E-state index is -0.590. The van der Waals surface area contributed by atoms with Crippen LogP contribution in [0.3, 0.4) is 0 Å². The largest absolute Gasteiger partial charge is 0.255 e. The summed E-state index contributed by atoms with van der Waals surface area (Å²) in [6.07, 6.45) is 10.4. The van der Waals surface area contributed by atoms with Crippen LogP contribution in [0.1, 0.15) is 26.2 Å². The molecule has 0 saturated carbocycles. The monoisotopic (exact) mass is 171 g/mol. The van der Waals surface area contributed by atoms with Crippen LogP contribution in [0.15, 0.2) is 16.6 Å². The average Bonchev–Trinajstić information content (AvgIpc) is 2.25. The second-order valence-corrected chi connectivity index (χ2v) is 6.87. The summed E-state index contributed by atoms with van der Waals surface area (Å²) in [6, 6.07) is 0. The molecule has 0 aromatic rings. The Bertz CT molecular complexity index is 192. The topological polar surface area (TPSA) is 12.4 Å². The van der Waals surface area contributed by atoms with E-state index in [2.05, 4.69) is 29.8 Å². The summed E-state index contributed by atoms with van der Waals surface area (Å²) in [5, 5.41) is 3.69. The molecule has 0 aromatic carbocycles. The standard InChI is InChI=1S/C9H17NS/c1-4-5-6-9-10-7-8-11(9,2)3/h7-8H,4-6H2,1-3H3. The predicted octanol–water partition coefficient (Wildman–Crippen LogP) is 3.12. The zero-order valence-corrected chi connectivity index (χ0v) is 8.45. The average molecular weight is 171 g/mol. The van der Waals surface area contributed by atoms with Crippen LogP contribution in [0.2, 0.25) is 0 Å². The number of hydrogen-bond donors (Lipinski definition) is 0. The van der Waals surface area contributed by atoms with Gasteiger partial charge in [0.15, 0.2) is 0 Å². The van der Waals surface area contributed by atoms with Crippen LogP contribution < -0.4 is 0 Å². The van der Waals surface area contributed by atoms with Gasteiger partial charge in [0.2, 0.25) is 0 Å². The number of aliphatic imine (C=N–C) groups is 1. The molecule has 0 unspecified atom stereocenters. The van der Waals surface area contributed by atoms with Gasteiger partial charge in [0.25, 0.3) is 0 Å². The molecular weight excluding hydrogens is 154 g/mol. The summed E-state index contributed by atoms with van der Waals surface area (Å²) in [6.45, 7) is 2.23. The molecule has 64 valence electrons. The molecule has 0 spiro atoms. The predicted molar refractivity (Wildman–Crippen MR) is 55.5 cm³/mol. The highest BCUT2D eigenvalue weighted by molar-refractivity contribution is 8.46. The van der Waals surface area contributed by atoms with E-state index in [0.717, 1.165) is 0 Å². The summed E-state index contributed by atoms with van der Waals surface area (Å²) in [4.78, 5) is 4.40. The molecule has 1 aliphatic heterocycles. The summed E-state index contributed by atoms with van der Waals surface area (Å²) in [7, 11) is -0.590. The zero-order valence-electron chi connectivity index (χ0n) is 7.63. The molecule has 1 rings (SSSR count). The Hall–Kier alpha value is -0.240. The molecule has 1 nitrogen and oxygen atoms in total. The Morgan fingerprint density at radius 1 is 1.45 bits per heavy atom. The van der Waals surface area contributed by atoms with E-state index in [1.54, 1.807) is 0 Å². The molecule has 1 aliphatic rings. The fraction of sp³-hybridized carbons (Fsp3) is 0.667. The van der Waals surface area contributed by atoms with Gasteiger partial charge in [0, 0.05) is 6.20 Å². The van der Waals surface area contributed by atoms with Crippen molar-refractivity contribution in [3.63, 3.8) is 0 Å². The van der Waals surface area contributed by atoms with Crippen molar-refractivity contribution < 1.29 is 0 Å². The molecule has 2 heteroatoms. The lowest BCUT2D eigenvalue weighted by molar-refractivity contribution is 0.840. The zero-order chi connectivity index (χ0) is 8.32. The minimum Gasteiger partial charge on any atom is -0.255 e. The quantitative estimate of drug-likeness (QED) is 0.618. The second kappa shape index (κ2) is 3.44. The third kappa shape index (κ3) is 2.09. The highest BCUT2D eigenvalue weighted by Crippen LogP contribution is 2.47. The smallest absolute Gasteiger partial charge is 0.0592 e. The van der Waals surface area contributed by atoms with Crippen LogP contribution in [-0.2, 0) is 0 Å². The van der Waals surface area contributed by atoms with Gasteiger partial charge >= 0.3 is 0 Å². The Balaban J connectivity index is 2.48. The Morgan fingerprint density at radius 3 is 2.64 bits per heavy atom. The van der Waals surface area contributed by atoms with E-state index in [9.17, 15) is 0 Å². The summed E-state index contributed by atoms with van der Waals surface area (Å²) < 4.78 is 0. The molecule has 0 saturated heterocycles. The molecular formula is C9H17NS. The first kappa shape index (κ1) is 8.85. The Morgan fingerprint density at radius 2 is 2.18 bits per heavy atom. The van der Waals surface area contributed by atoms with Crippen LogP contribution in [0.4, 0.5) is 0 Å². The Kier molecular flexibility index (Phi) is 2.77. The number of hydrogen-bond acceptors (Lipinski definition) is 1. The van der Waals surface area contributed by atoms with E-state index in [0.29, 0.717) is 0 Å². The third-order valence-electron chi connectivity index (χ3n) is 1.97. The number of nitrogens with zero attached hydrogens (tertiary/aromatic N) is 1. The summed E-state index contributed by atoms with van der Waals surface area (Å²) in [5.74, 6) is 0. The van der Waals surface area contributed by atoms with Crippen molar-refractivity contribution in [2.24, 2.45) is 4.99 Å². The van der Waals surface area contributed by atoms with Crippen LogP contribution in [-0.4, -0.2) is 17.6 Å². The minimum absolute atomic E-state index is 0.590. The van der Waals surface area contributed by atoms with Gasteiger partial charge in [-0.25, -0.2) is 0 Å². The number of rotatable bonds is 3. The van der Waals surface area contributed by atoms with Gasteiger partial charge in [-0.05, 0) is 30.8 Å². The maximum atomic E-state index is 4.40. The highest BCUT2D eigenvalue weighted by atomic mass is 32.3. The van der Waals surface area contributed by atoms with Gasteiger partial charge in [-0.15, -0.1) is 0 Å². The van der Waals surface area contributed by atoms with Crippen molar-refractivity contribution >= 4 is 15.1 Å². The van der Waals surface area contributed by atoms with Crippen molar-refractivity contribution in [2.45, 2.75) is 26.2 Å². The third-order valence-corrected chi connectivity index (χ3v) is 4.30. The van der Waals surface area contributed by atoms with Gasteiger partial charge in [-0.3, -0.25) is 4.99 Å². The van der Waals surface area contributed by atoms with Gasteiger partial charge in [0.05, 0.1) is 5.04 Å². The molecule has 0 aliphatic carbocycles. The molecule has 0 amide bonds. The normalized spacial score (nSPS) is 23.4. The molecule has 11 heavy (non-hydrogen) atoms. The fourth-order valence-corrected chi connectivity index (χ4v) is 2.66. The van der Waals surface area contributed by atoms with Crippen molar-refractivity contribution in [2.75, 3.05) is 12.5 Å². The molecule has 0 radical (unpaired) electrons. The van der Waals surface area contributed by atoms with E-state index >= 15 is 0 Å². The van der Waals surface area contributed by atoms with E-state index in [4.69, 9.17) is 0 Å². The molecule has 0 atom stereocenters. The SMILES string of the molecule is CCCCC1=NC=CS1(C)C.